The molecule has 5 heteroatoms. The van der Waals surface area contributed by atoms with E-state index in [2.05, 4.69) is 5.32 Å². The first-order valence-corrected chi connectivity index (χ1v) is 7.12. The molecule has 2 N–H and O–H groups in total. The number of aliphatic hydroxyl groups excluding tert-OH is 1. The lowest BCUT2D eigenvalue weighted by molar-refractivity contribution is -0.0112. The van der Waals surface area contributed by atoms with Gasteiger partial charge in [-0.2, -0.15) is 5.26 Å². The van der Waals surface area contributed by atoms with E-state index in [4.69, 9.17) is 14.7 Å². The van der Waals surface area contributed by atoms with E-state index in [1.165, 1.54) is 0 Å². The molecule has 0 aromatic heterocycles. The highest BCUT2D eigenvalue weighted by Crippen LogP contribution is 2.11. The van der Waals surface area contributed by atoms with Crippen molar-refractivity contribution in [2.45, 2.75) is 32.5 Å². The molecule has 1 atom stereocenters. The maximum atomic E-state index is 9.86. The number of rotatable bonds is 9. The van der Waals surface area contributed by atoms with Crippen LogP contribution in [0.15, 0.2) is 24.3 Å². The van der Waals surface area contributed by atoms with Gasteiger partial charge in [0.2, 0.25) is 0 Å². The minimum Gasteiger partial charge on any atom is -0.491 e. The quantitative estimate of drug-likeness (QED) is 0.724. The summed E-state index contributed by atoms with van der Waals surface area (Å²) in [7, 11) is 0. The van der Waals surface area contributed by atoms with E-state index in [9.17, 15) is 5.11 Å². The van der Waals surface area contributed by atoms with Crippen LogP contribution in [0.1, 0.15) is 26.3 Å². The lowest BCUT2D eigenvalue weighted by Crippen LogP contribution is -2.41. The number of nitriles is 1. The lowest BCUT2D eigenvalue weighted by atomic mass is 10.1. The molecule has 0 fully saturated rings. The normalized spacial score (nSPS) is 12.7. The van der Waals surface area contributed by atoms with E-state index in [1.807, 2.05) is 26.8 Å². The number of hydrogen-bond donors (Lipinski definition) is 2. The highest BCUT2D eigenvalue weighted by molar-refractivity contribution is 5.34. The molecule has 0 aliphatic carbocycles. The summed E-state index contributed by atoms with van der Waals surface area (Å²) in [6.45, 7) is 7.93. The Labute approximate surface area is 126 Å². The first-order valence-electron chi connectivity index (χ1n) is 7.12. The minimum atomic E-state index is -0.599. The highest BCUT2D eigenvalue weighted by atomic mass is 16.5. The summed E-state index contributed by atoms with van der Waals surface area (Å²) in [5.74, 6) is 0.641. The van der Waals surface area contributed by atoms with Crippen molar-refractivity contribution in [2.75, 3.05) is 26.3 Å². The minimum absolute atomic E-state index is 0.202. The highest BCUT2D eigenvalue weighted by Gasteiger charge is 2.17. The molecule has 0 amide bonds. The number of hydrogen-bond acceptors (Lipinski definition) is 5. The van der Waals surface area contributed by atoms with Gasteiger partial charge in [-0.05, 0) is 45.0 Å². The van der Waals surface area contributed by atoms with Crippen LogP contribution in [0.4, 0.5) is 0 Å². The largest absolute Gasteiger partial charge is 0.491 e. The van der Waals surface area contributed by atoms with Crippen LogP contribution >= 0.6 is 0 Å². The van der Waals surface area contributed by atoms with Gasteiger partial charge >= 0.3 is 0 Å². The second-order valence-electron chi connectivity index (χ2n) is 5.42. The van der Waals surface area contributed by atoms with Crippen molar-refractivity contribution < 1.29 is 14.6 Å². The van der Waals surface area contributed by atoms with Crippen molar-refractivity contribution >= 4 is 0 Å². The van der Waals surface area contributed by atoms with Gasteiger partial charge in [0.1, 0.15) is 18.5 Å². The third-order valence-electron chi connectivity index (χ3n) is 2.89. The molecule has 1 unspecified atom stereocenters. The Bertz CT molecular complexity index is 452. The summed E-state index contributed by atoms with van der Waals surface area (Å²) in [6, 6.07) is 8.85. The zero-order chi connectivity index (χ0) is 15.7. The fraction of sp³-hybridized carbons (Fsp3) is 0.562. The van der Waals surface area contributed by atoms with Crippen molar-refractivity contribution in [2.24, 2.45) is 0 Å². The molecule has 1 aromatic rings. The van der Waals surface area contributed by atoms with Crippen LogP contribution in [0.2, 0.25) is 0 Å². The second kappa shape index (κ2) is 8.63. The van der Waals surface area contributed by atoms with Crippen molar-refractivity contribution in [3.63, 3.8) is 0 Å². The Balaban J connectivity index is 2.24. The molecule has 0 aliphatic rings. The first kappa shape index (κ1) is 17.4. The summed E-state index contributed by atoms with van der Waals surface area (Å²) in [6.07, 6.45) is -0.599. The molecule has 1 rings (SSSR count). The fourth-order valence-corrected chi connectivity index (χ4v) is 1.86. The SMILES string of the molecule is CCOC(C)(C)CNCC(O)COc1ccc(C#N)cc1. The molecule has 1 aromatic carbocycles. The molecule has 0 spiro atoms. The molecule has 0 saturated heterocycles. The molecule has 0 heterocycles. The molecular formula is C16H24N2O3. The van der Waals surface area contributed by atoms with E-state index < -0.39 is 6.10 Å². The molecule has 0 aliphatic heterocycles. The van der Waals surface area contributed by atoms with Crippen LogP contribution < -0.4 is 10.1 Å². The zero-order valence-corrected chi connectivity index (χ0v) is 12.9. The van der Waals surface area contributed by atoms with Crippen molar-refractivity contribution in [3.8, 4) is 11.8 Å². The summed E-state index contributed by atoms with van der Waals surface area (Å²) in [4.78, 5) is 0. The average molecular weight is 292 g/mol. The van der Waals surface area contributed by atoms with Gasteiger partial charge < -0.3 is 19.9 Å². The van der Waals surface area contributed by atoms with Gasteiger partial charge in [0.25, 0.3) is 0 Å². The predicted octanol–water partition coefficient (Wildman–Crippen LogP) is 1.70. The van der Waals surface area contributed by atoms with Crippen molar-refractivity contribution in [1.82, 2.24) is 5.32 Å². The van der Waals surface area contributed by atoms with Gasteiger partial charge in [0.05, 0.1) is 17.2 Å². The standard InChI is InChI=1S/C16H24N2O3/c1-4-21-16(2,3)12-18-10-14(19)11-20-15-7-5-13(9-17)6-8-15/h5-8,14,18-19H,4,10-12H2,1-3H3. The van der Waals surface area contributed by atoms with Crippen LogP contribution in [0.3, 0.4) is 0 Å². The molecule has 5 nitrogen and oxygen atoms in total. The summed E-state index contributed by atoms with van der Waals surface area (Å²) in [5.41, 5.74) is 0.338. The van der Waals surface area contributed by atoms with Crippen LogP contribution in [0, 0.1) is 11.3 Å². The van der Waals surface area contributed by atoms with Gasteiger partial charge in [-0.25, -0.2) is 0 Å². The second-order valence-corrected chi connectivity index (χ2v) is 5.42. The molecule has 0 saturated carbocycles. The fourth-order valence-electron chi connectivity index (χ4n) is 1.86. The summed E-state index contributed by atoms with van der Waals surface area (Å²) in [5, 5.41) is 21.7. The van der Waals surface area contributed by atoms with Gasteiger partial charge in [0, 0.05) is 19.7 Å². The summed E-state index contributed by atoms with van der Waals surface area (Å²) < 4.78 is 11.0. The van der Waals surface area contributed by atoms with Crippen LogP contribution in [0.25, 0.3) is 0 Å². The van der Waals surface area contributed by atoms with Gasteiger partial charge in [-0.15, -0.1) is 0 Å². The third-order valence-corrected chi connectivity index (χ3v) is 2.89. The molecule has 0 radical (unpaired) electrons. The first-order chi connectivity index (χ1) is 9.96. The van der Waals surface area contributed by atoms with Gasteiger partial charge in [-0.3, -0.25) is 0 Å². The number of benzene rings is 1. The van der Waals surface area contributed by atoms with Crippen LogP contribution in [-0.4, -0.2) is 43.1 Å². The molecule has 0 bridgehead atoms. The van der Waals surface area contributed by atoms with Crippen molar-refractivity contribution in [3.05, 3.63) is 29.8 Å². The molecule has 21 heavy (non-hydrogen) atoms. The molecule has 116 valence electrons. The number of ether oxygens (including phenoxy) is 2. The van der Waals surface area contributed by atoms with Crippen LogP contribution in [-0.2, 0) is 4.74 Å². The van der Waals surface area contributed by atoms with Crippen LogP contribution in [0.5, 0.6) is 5.75 Å². The Morgan fingerprint density at radius 2 is 2.00 bits per heavy atom. The van der Waals surface area contributed by atoms with E-state index >= 15 is 0 Å². The molecular weight excluding hydrogens is 268 g/mol. The zero-order valence-electron chi connectivity index (χ0n) is 12.9. The Morgan fingerprint density at radius 3 is 2.57 bits per heavy atom. The lowest BCUT2D eigenvalue weighted by Gasteiger charge is -2.25. The maximum absolute atomic E-state index is 9.86. The summed E-state index contributed by atoms with van der Waals surface area (Å²) >= 11 is 0. The average Bonchev–Trinajstić information content (AvgIpc) is 2.45. The Morgan fingerprint density at radius 1 is 1.33 bits per heavy atom. The topological polar surface area (TPSA) is 74.5 Å². The monoisotopic (exact) mass is 292 g/mol. The Kier molecular flexibility index (Phi) is 7.17. The smallest absolute Gasteiger partial charge is 0.119 e. The van der Waals surface area contributed by atoms with E-state index in [-0.39, 0.29) is 12.2 Å². The predicted molar refractivity (Wildman–Crippen MR) is 81.2 cm³/mol. The Hall–Kier alpha value is -1.61. The van der Waals surface area contributed by atoms with Gasteiger partial charge in [-0.1, -0.05) is 0 Å². The maximum Gasteiger partial charge on any atom is 0.119 e. The third kappa shape index (κ3) is 7.09. The van der Waals surface area contributed by atoms with E-state index in [1.54, 1.807) is 24.3 Å². The van der Waals surface area contributed by atoms with E-state index in [0.29, 0.717) is 31.0 Å². The van der Waals surface area contributed by atoms with Crippen molar-refractivity contribution in [1.29, 1.82) is 5.26 Å². The van der Waals surface area contributed by atoms with Gasteiger partial charge in [0.15, 0.2) is 0 Å². The number of nitrogens with zero attached hydrogens (tertiary/aromatic N) is 1. The number of nitrogens with one attached hydrogen (secondary N) is 1. The number of aliphatic hydroxyl groups is 1. The van der Waals surface area contributed by atoms with E-state index in [0.717, 1.165) is 0 Å².